The molecule has 1 aliphatic rings. The smallest absolute Gasteiger partial charge is 0.407 e. The average molecular weight is 412 g/mol. The first kappa shape index (κ1) is 20.2. The van der Waals surface area contributed by atoms with E-state index in [1.165, 1.54) is 0 Å². The van der Waals surface area contributed by atoms with Crippen molar-refractivity contribution in [1.29, 1.82) is 5.26 Å². The van der Waals surface area contributed by atoms with E-state index in [0.29, 0.717) is 11.1 Å². The topological polar surface area (TPSA) is 99.4 Å². The van der Waals surface area contributed by atoms with E-state index in [4.69, 9.17) is 10.00 Å². The number of fused-ring (bicyclic) bond motifs is 3. The molecule has 31 heavy (non-hydrogen) atoms. The summed E-state index contributed by atoms with van der Waals surface area (Å²) < 4.78 is 5.44. The van der Waals surface area contributed by atoms with Gasteiger partial charge in [0, 0.05) is 12.3 Å². The Hall–Kier alpha value is -4.11. The molecule has 6 heteroatoms. The zero-order valence-corrected chi connectivity index (χ0v) is 16.6. The minimum atomic E-state index is -1.17. The van der Waals surface area contributed by atoms with Crippen LogP contribution >= 0.6 is 0 Å². The summed E-state index contributed by atoms with van der Waals surface area (Å²) in [7, 11) is 0. The zero-order valence-electron chi connectivity index (χ0n) is 16.6. The first-order valence-corrected chi connectivity index (χ1v) is 9.90. The van der Waals surface area contributed by atoms with Crippen LogP contribution in [0.2, 0.25) is 0 Å². The van der Waals surface area contributed by atoms with Crippen molar-refractivity contribution in [3.63, 3.8) is 0 Å². The number of carboxylic acid groups (broad SMARTS) is 1. The molecule has 1 amide bonds. The second-order valence-corrected chi connectivity index (χ2v) is 7.38. The molecule has 0 aliphatic heterocycles. The molecule has 4 rings (SSSR count). The molecule has 3 aromatic rings. The zero-order chi connectivity index (χ0) is 21.8. The predicted molar refractivity (Wildman–Crippen MR) is 114 cm³/mol. The van der Waals surface area contributed by atoms with Crippen LogP contribution in [0.4, 0.5) is 4.79 Å². The maximum Gasteiger partial charge on any atom is 0.407 e. The summed E-state index contributed by atoms with van der Waals surface area (Å²) in [5.41, 5.74) is 5.48. The van der Waals surface area contributed by atoms with Crippen LogP contribution in [0.25, 0.3) is 11.1 Å². The highest BCUT2D eigenvalue weighted by Crippen LogP contribution is 2.44. The third-order valence-corrected chi connectivity index (χ3v) is 5.43. The summed E-state index contributed by atoms with van der Waals surface area (Å²) in [6.45, 7) is 0.107. The fraction of sp³-hybridized carbons (Fsp3) is 0.160. The van der Waals surface area contributed by atoms with Crippen molar-refractivity contribution in [3.05, 3.63) is 95.1 Å². The second-order valence-electron chi connectivity index (χ2n) is 7.38. The highest BCUT2D eigenvalue weighted by molar-refractivity contribution is 5.81. The molecule has 0 radical (unpaired) electrons. The number of carbonyl (C=O) groups is 2. The summed E-state index contributed by atoms with van der Waals surface area (Å²) in [5, 5.41) is 21.0. The maximum absolute atomic E-state index is 12.4. The fourth-order valence-corrected chi connectivity index (χ4v) is 3.99. The van der Waals surface area contributed by atoms with Crippen molar-refractivity contribution >= 4 is 12.1 Å². The van der Waals surface area contributed by atoms with Crippen LogP contribution < -0.4 is 5.32 Å². The number of amides is 1. The molecule has 3 aromatic carbocycles. The van der Waals surface area contributed by atoms with Crippen LogP contribution in [0.3, 0.4) is 0 Å². The van der Waals surface area contributed by atoms with Crippen molar-refractivity contribution in [1.82, 2.24) is 5.32 Å². The lowest BCUT2D eigenvalue weighted by molar-refractivity contribution is -0.139. The Morgan fingerprint density at radius 2 is 1.65 bits per heavy atom. The third kappa shape index (κ3) is 4.26. The predicted octanol–water partition coefficient (Wildman–Crippen LogP) is 4.09. The number of benzene rings is 3. The first-order valence-electron chi connectivity index (χ1n) is 9.90. The van der Waals surface area contributed by atoms with Crippen LogP contribution in [0.5, 0.6) is 0 Å². The van der Waals surface area contributed by atoms with E-state index in [-0.39, 0.29) is 18.9 Å². The fourth-order valence-electron chi connectivity index (χ4n) is 3.99. The second kappa shape index (κ2) is 8.72. The van der Waals surface area contributed by atoms with Crippen LogP contribution in [-0.4, -0.2) is 29.8 Å². The molecule has 0 unspecified atom stereocenters. The van der Waals surface area contributed by atoms with Crippen LogP contribution in [0.15, 0.2) is 72.8 Å². The number of carboxylic acids is 1. The highest BCUT2D eigenvalue weighted by Gasteiger charge is 2.29. The number of ether oxygens (including phenoxy) is 1. The molecule has 0 spiro atoms. The van der Waals surface area contributed by atoms with E-state index in [0.717, 1.165) is 22.3 Å². The maximum atomic E-state index is 12.4. The van der Waals surface area contributed by atoms with Gasteiger partial charge >= 0.3 is 12.1 Å². The molecule has 1 aliphatic carbocycles. The molecule has 0 heterocycles. The van der Waals surface area contributed by atoms with E-state index in [2.05, 4.69) is 5.32 Å². The van der Waals surface area contributed by atoms with Gasteiger partial charge in [0.2, 0.25) is 0 Å². The number of aliphatic carboxylic acids is 1. The number of nitrogens with one attached hydrogen (secondary N) is 1. The van der Waals surface area contributed by atoms with Crippen LogP contribution in [0, 0.1) is 11.3 Å². The minimum absolute atomic E-state index is 0.0506. The van der Waals surface area contributed by atoms with Gasteiger partial charge in [-0.05, 0) is 39.9 Å². The molecule has 0 bridgehead atoms. The summed E-state index contributed by atoms with van der Waals surface area (Å²) in [5.74, 6) is -1.27. The van der Waals surface area contributed by atoms with Gasteiger partial charge < -0.3 is 15.2 Å². The van der Waals surface area contributed by atoms with Gasteiger partial charge in [-0.3, -0.25) is 0 Å². The molecule has 0 fully saturated rings. The Morgan fingerprint density at radius 3 is 2.26 bits per heavy atom. The van der Waals surface area contributed by atoms with Crippen LogP contribution in [-0.2, 0) is 16.0 Å². The molecule has 0 saturated carbocycles. The lowest BCUT2D eigenvalue weighted by atomic mass is 9.98. The lowest BCUT2D eigenvalue weighted by Gasteiger charge is -2.17. The SMILES string of the molecule is N#Cc1cccc(C[C@H](NC(=O)OCC2c3ccccc3-c3ccccc32)C(=O)O)c1. The number of hydrogen-bond acceptors (Lipinski definition) is 4. The van der Waals surface area contributed by atoms with Crippen LogP contribution in [0.1, 0.15) is 28.2 Å². The molecule has 0 saturated heterocycles. The van der Waals surface area contributed by atoms with E-state index < -0.39 is 18.1 Å². The number of nitrogens with zero attached hydrogens (tertiary/aromatic N) is 1. The molecule has 0 aromatic heterocycles. The number of hydrogen-bond donors (Lipinski definition) is 2. The van der Waals surface area contributed by atoms with Gasteiger partial charge in [0.25, 0.3) is 0 Å². The Morgan fingerprint density at radius 1 is 1.00 bits per heavy atom. The minimum Gasteiger partial charge on any atom is -0.480 e. The normalized spacial score (nSPS) is 12.9. The van der Waals surface area contributed by atoms with Gasteiger partial charge in [-0.25, -0.2) is 9.59 Å². The largest absolute Gasteiger partial charge is 0.480 e. The molecule has 2 N–H and O–H groups in total. The van der Waals surface area contributed by atoms with Crippen molar-refractivity contribution in [2.45, 2.75) is 18.4 Å². The standard InChI is InChI=1S/C25H20N2O4/c26-14-17-7-5-6-16(12-17)13-23(24(28)29)27-25(30)31-15-22-20-10-3-1-8-18(20)19-9-2-4-11-21(19)22/h1-12,22-23H,13,15H2,(H,27,30)(H,28,29)/t23-/m0/s1. The lowest BCUT2D eigenvalue weighted by Crippen LogP contribution is -2.42. The Labute approximate surface area is 179 Å². The van der Waals surface area contributed by atoms with E-state index in [9.17, 15) is 14.7 Å². The molecular formula is C25H20N2O4. The summed E-state index contributed by atoms with van der Waals surface area (Å²) in [6.07, 6.45) is -0.736. The number of carbonyl (C=O) groups excluding carboxylic acids is 1. The number of rotatable bonds is 6. The average Bonchev–Trinajstić information content (AvgIpc) is 3.11. The summed E-state index contributed by atoms with van der Waals surface area (Å²) in [6, 6.07) is 23.5. The van der Waals surface area contributed by atoms with Gasteiger partial charge in [0.05, 0.1) is 11.6 Å². The van der Waals surface area contributed by atoms with Crippen molar-refractivity contribution in [2.24, 2.45) is 0 Å². The monoisotopic (exact) mass is 412 g/mol. The van der Waals surface area contributed by atoms with Gasteiger partial charge in [0.15, 0.2) is 0 Å². The third-order valence-electron chi connectivity index (χ3n) is 5.43. The first-order chi connectivity index (χ1) is 15.1. The van der Waals surface area contributed by atoms with Gasteiger partial charge in [-0.2, -0.15) is 5.26 Å². The molecule has 154 valence electrons. The van der Waals surface area contributed by atoms with Crippen molar-refractivity contribution in [2.75, 3.05) is 6.61 Å². The van der Waals surface area contributed by atoms with Gasteiger partial charge in [-0.1, -0.05) is 60.7 Å². The molecule has 6 nitrogen and oxygen atoms in total. The number of nitriles is 1. The Bertz CT molecular complexity index is 1140. The van der Waals surface area contributed by atoms with Crippen molar-refractivity contribution < 1.29 is 19.4 Å². The summed E-state index contributed by atoms with van der Waals surface area (Å²) >= 11 is 0. The molecular weight excluding hydrogens is 392 g/mol. The van der Waals surface area contributed by atoms with E-state index >= 15 is 0 Å². The Balaban J connectivity index is 1.43. The van der Waals surface area contributed by atoms with E-state index in [1.807, 2.05) is 54.6 Å². The van der Waals surface area contributed by atoms with Gasteiger partial charge in [-0.15, -0.1) is 0 Å². The van der Waals surface area contributed by atoms with E-state index in [1.54, 1.807) is 24.3 Å². The quantitative estimate of drug-likeness (QED) is 0.635. The summed E-state index contributed by atoms with van der Waals surface area (Å²) in [4.78, 5) is 24.0. The Kier molecular flexibility index (Phi) is 5.67. The molecule has 1 atom stereocenters. The highest BCUT2D eigenvalue weighted by atomic mass is 16.5. The van der Waals surface area contributed by atoms with Crippen molar-refractivity contribution in [3.8, 4) is 17.2 Å². The van der Waals surface area contributed by atoms with Gasteiger partial charge in [0.1, 0.15) is 12.6 Å². The number of alkyl carbamates (subject to hydrolysis) is 1.